The first-order valence-electron chi connectivity index (χ1n) is 4.01. The quantitative estimate of drug-likeness (QED) is 0.639. The highest BCUT2D eigenvalue weighted by molar-refractivity contribution is 5.88. The molecule has 1 saturated heterocycles. The molecule has 1 heterocycles. The van der Waals surface area contributed by atoms with Crippen LogP contribution in [0.5, 0.6) is 0 Å². The second-order valence-electron chi connectivity index (χ2n) is 3.27. The second kappa shape index (κ2) is 3.41. The number of nitrogens with zero attached hydrogens (tertiary/aromatic N) is 1. The molecule has 0 radical (unpaired) electrons. The molecule has 0 aromatic carbocycles. The third-order valence-electron chi connectivity index (χ3n) is 1.70. The molecule has 0 bridgehead atoms. The average molecular weight is 190 g/mol. The van der Waals surface area contributed by atoms with E-state index in [9.17, 15) is 13.6 Å². The van der Waals surface area contributed by atoms with Gasteiger partial charge in [-0.3, -0.25) is 4.79 Å². The van der Waals surface area contributed by atoms with Crippen molar-refractivity contribution in [1.29, 1.82) is 0 Å². The van der Waals surface area contributed by atoms with Gasteiger partial charge in [0.2, 0.25) is 5.91 Å². The van der Waals surface area contributed by atoms with Crippen molar-refractivity contribution in [3.63, 3.8) is 0 Å². The van der Waals surface area contributed by atoms with Crippen LogP contribution in [-0.4, -0.2) is 35.9 Å². The number of nitrogens with two attached hydrogens (primary N) is 1. The molecule has 0 aromatic rings. The Morgan fingerprint density at radius 2 is 2.15 bits per heavy atom. The minimum absolute atomic E-state index is 0.231. The minimum atomic E-state index is -2.70. The normalized spacial score (nSPS) is 22.9. The number of likely N-dealkylation sites (tertiary alicyclic amines) is 1. The van der Waals surface area contributed by atoms with Crippen LogP contribution in [0.1, 0.15) is 6.92 Å². The molecule has 3 nitrogen and oxygen atoms in total. The molecule has 1 fully saturated rings. The van der Waals surface area contributed by atoms with Crippen molar-refractivity contribution in [3.8, 4) is 0 Å². The first-order valence-corrected chi connectivity index (χ1v) is 4.01. The van der Waals surface area contributed by atoms with E-state index in [4.69, 9.17) is 5.73 Å². The molecule has 1 rings (SSSR count). The van der Waals surface area contributed by atoms with Gasteiger partial charge in [-0.2, -0.15) is 0 Å². The maximum absolute atomic E-state index is 12.3. The maximum atomic E-state index is 12.3. The highest BCUT2D eigenvalue weighted by Gasteiger charge is 2.45. The average Bonchev–Trinajstić information content (AvgIpc) is 1.95. The zero-order chi connectivity index (χ0) is 10.1. The lowest BCUT2D eigenvalue weighted by Gasteiger charge is -2.37. The van der Waals surface area contributed by atoms with Gasteiger partial charge in [0.1, 0.15) is 0 Å². The van der Waals surface area contributed by atoms with E-state index in [1.165, 1.54) is 12.2 Å². The molecular weight excluding hydrogens is 178 g/mol. The molecule has 2 N–H and O–H groups in total. The van der Waals surface area contributed by atoms with Crippen LogP contribution in [-0.2, 0) is 4.79 Å². The number of amides is 1. The number of carbonyl (C=O) groups is 1. The van der Waals surface area contributed by atoms with Crippen LogP contribution in [0.2, 0.25) is 0 Å². The molecule has 0 unspecified atom stereocenters. The topological polar surface area (TPSA) is 46.3 Å². The van der Waals surface area contributed by atoms with Gasteiger partial charge in [-0.15, -0.1) is 0 Å². The lowest BCUT2D eigenvalue weighted by molar-refractivity contribution is -0.160. The summed E-state index contributed by atoms with van der Waals surface area (Å²) in [5, 5.41) is 0. The van der Waals surface area contributed by atoms with Gasteiger partial charge in [0, 0.05) is 12.1 Å². The number of rotatable bonds is 2. The van der Waals surface area contributed by atoms with Crippen LogP contribution >= 0.6 is 0 Å². The van der Waals surface area contributed by atoms with Gasteiger partial charge < -0.3 is 10.6 Å². The van der Waals surface area contributed by atoms with Gasteiger partial charge in [0.25, 0.3) is 5.92 Å². The highest BCUT2D eigenvalue weighted by Crippen LogP contribution is 2.26. The summed E-state index contributed by atoms with van der Waals surface area (Å²) in [7, 11) is 0. The first-order chi connectivity index (χ1) is 5.91. The van der Waals surface area contributed by atoms with Gasteiger partial charge in [-0.05, 0) is 6.92 Å². The number of alkyl halides is 2. The fraction of sp³-hybridized carbons (Fsp3) is 0.625. The van der Waals surface area contributed by atoms with Crippen molar-refractivity contribution in [2.24, 2.45) is 5.73 Å². The monoisotopic (exact) mass is 190 g/mol. The smallest absolute Gasteiger partial charge is 0.282 e. The molecule has 1 aliphatic rings. The molecule has 74 valence electrons. The number of hydrogen-bond acceptors (Lipinski definition) is 2. The summed E-state index contributed by atoms with van der Waals surface area (Å²) in [5.41, 5.74) is 5.35. The van der Waals surface area contributed by atoms with Crippen molar-refractivity contribution < 1.29 is 13.6 Å². The van der Waals surface area contributed by atoms with Crippen LogP contribution in [0.15, 0.2) is 12.2 Å². The van der Waals surface area contributed by atoms with Crippen LogP contribution in [0.3, 0.4) is 0 Å². The number of hydrogen-bond donors (Lipinski definition) is 1. The molecule has 0 aliphatic carbocycles. The van der Waals surface area contributed by atoms with Crippen molar-refractivity contribution in [3.05, 3.63) is 12.2 Å². The van der Waals surface area contributed by atoms with Gasteiger partial charge in [-0.1, -0.05) is 6.08 Å². The Morgan fingerprint density at radius 3 is 2.54 bits per heavy atom. The zero-order valence-corrected chi connectivity index (χ0v) is 7.34. The molecule has 1 amide bonds. The molecular formula is C8H12F2N2O. The Hall–Kier alpha value is -0.970. The van der Waals surface area contributed by atoms with Gasteiger partial charge in [-0.25, -0.2) is 8.78 Å². The summed E-state index contributed by atoms with van der Waals surface area (Å²) in [6.45, 7) is 0.749. The van der Waals surface area contributed by atoms with E-state index in [0.29, 0.717) is 0 Å². The predicted octanol–water partition coefficient (Wildman–Crippen LogP) is 0.367. The standard InChI is InChI=1S/C8H12F2N2O/c1-6(11)2-3-7(13)12-4-8(9,10)5-12/h2-3,6H,4-5,11H2,1H3/b3-2-/t6-/m0/s1. The molecule has 13 heavy (non-hydrogen) atoms. The Kier molecular flexibility index (Phi) is 2.66. The minimum Gasteiger partial charge on any atom is -0.327 e. The summed E-state index contributed by atoms with van der Waals surface area (Å²) in [6.07, 6.45) is 2.72. The van der Waals surface area contributed by atoms with Gasteiger partial charge in [0.15, 0.2) is 0 Å². The predicted molar refractivity (Wildman–Crippen MR) is 44.3 cm³/mol. The summed E-state index contributed by atoms with van der Waals surface area (Å²) >= 11 is 0. The largest absolute Gasteiger partial charge is 0.327 e. The number of halogens is 2. The summed E-state index contributed by atoms with van der Waals surface area (Å²) in [5.74, 6) is -3.10. The molecule has 5 heteroatoms. The molecule has 0 saturated carbocycles. The third kappa shape index (κ3) is 2.77. The van der Waals surface area contributed by atoms with E-state index in [-0.39, 0.29) is 6.04 Å². The second-order valence-corrected chi connectivity index (χ2v) is 3.27. The Bertz CT molecular complexity index is 230. The third-order valence-corrected chi connectivity index (χ3v) is 1.70. The Morgan fingerprint density at radius 1 is 1.62 bits per heavy atom. The fourth-order valence-electron chi connectivity index (χ4n) is 1.01. The Balaban J connectivity index is 2.35. The number of carbonyl (C=O) groups excluding carboxylic acids is 1. The van der Waals surface area contributed by atoms with Crippen LogP contribution in [0.25, 0.3) is 0 Å². The summed E-state index contributed by atoms with van der Waals surface area (Å²) < 4.78 is 24.6. The zero-order valence-electron chi connectivity index (χ0n) is 7.34. The van der Waals surface area contributed by atoms with Crippen LogP contribution < -0.4 is 5.73 Å². The van der Waals surface area contributed by atoms with E-state index in [1.807, 2.05) is 0 Å². The summed E-state index contributed by atoms with van der Waals surface area (Å²) in [4.78, 5) is 12.2. The molecule has 0 aromatic heterocycles. The van der Waals surface area contributed by atoms with Crippen LogP contribution in [0.4, 0.5) is 8.78 Å². The molecule has 1 aliphatic heterocycles. The molecule has 1 atom stereocenters. The van der Waals surface area contributed by atoms with E-state index >= 15 is 0 Å². The first kappa shape index (κ1) is 10.1. The van der Waals surface area contributed by atoms with Crippen LogP contribution in [0, 0.1) is 0 Å². The Labute approximate surface area is 75.2 Å². The lowest BCUT2D eigenvalue weighted by Crippen LogP contribution is -2.58. The van der Waals surface area contributed by atoms with Crippen molar-refractivity contribution in [1.82, 2.24) is 4.90 Å². The van der Waals surface area contributed by atoms with Gasteiger partial charge in [0.05, 0.1) is 13.1 Å². The van der Waals surface area contributed by atoms with Gasteiger partial charge >= 0.3 is 0 Å². The SMILES string of the molecule is C[C@H](N)/C=C\C(=O)N1CC(F)(F)C1. The van der Waals surface area contributed by atoms with E-state index < -0.39 is 24.9 Å². The lowest BCUT2D eigenvalue weighted by atomic mass is 10.1. The summed E-state index contributed by atoms with van der Waals surface area (Å²) in [6, 6.07) is -0.231. The molecule has 0 spiro atoms. The fourth-order valence-corrected chi connectivity index (χ4v) is 1.01. The van der Waals surface area contributed by atoms with Crippen molar-refractivity contribution in [2.45, 2.75) is 18.9 Å². The maximum Gasteiger partial charge on any atom is 0.282 e. The van der Waals surface area contributed by atoms with Crippen molar-refractivity contribution in [2.75, 3.05) is 13.1 Å². The van der Waals surface area contributed by atoms with E-state index in [0.717, 1.165) is 4.90 Å². The highest BCUT2D eigenvalue weighted by atomic mass is 19.3. The van der Waals surface area contributed by atoms with E-state index in [1.54, 1.807) is 6.92 Å². The van der Waals surface area contributed by atoms with Crippen molar-refractivity contribution >= 4 is 5.91 Å². The van der Waals surface area contributed by atoms with E-state index in [2.05, 4.69) is 0 Å².